The lowest BCUT2D eigenvalue weighted by molar-refractivity contribution is -0.164. The molecule has 0 spiro atoms. The number of carboxylic acids is 1. The summed E-state index contributed by atoms with van der Waals surface area (Å²) in [5.74, 6) is -2.36. The van der Waals surface area contributed by atoms with Crippen molar-refractivity contribution >= 4 is 5.97 Å². The highest BCUT2D eigenvalue weighted by Crippen LogP contribution is 2.38. The molecule has 1 aliphatic carbocycles. The zero-order chi connectivity index (χ0) is 10.1. The molecular weight excluding hydrogens is 185 g/mol. The van der Waals surface area contributed by atoms with Crippen molar-refractivity contribution < 1.29 is 23.1 Å². The van der Waals surface area contributed by atoms with Crippen LogP contribution in [0.15, 0.2) is 0 Å². The van der Waals surface area contributed by atoms with Gasteiger partial charge in [-0.1, -0.05) is 12.8 Å². The molecule has 0 aromatic carbocycles. The Labute approximate surface area is 73.7 Å². The third kappa shape index (κ3) is 4.15. The smallest absolute Gasteiger partial charge is 0.389 e. The van der Waals surface area contributed by atoms with E-state index >= 15 is 0 Å². The zero-order valence-electron chi connectivity index (χ0n) is 6.97. The molecule has 5 heteroatoms. The van der Waals surface area contributed by atoms with Gasteiger partial charge >= 0.3 is 12.1 Å². The van der Waals surface area contributed by atoms with Gasteiger partial charge in [-0.15, -0.1) is 0 Å². The van der Waals surface area contributed by atoms with Crippen LogP contribution in [0.1, 0.15) is 25.7 Å². The van der Waals surface area contributed by atoms with Gasteiger partial charge in [-0.2, -0.15) is 13.2 Å². The van der Waals surface area contributed by atoms with Crippen LogP contribution >= 0.6 is 0 Å². The van der Waals surface area contributed by atoms with E-state index in [9.17, 15) is 18.0 Å². The maximum Gasteiger partial charge on any atom is 0.389 e. The Morgan fingerprint density at radius 3 is 2.31 bits per heavy atom. The molecule has 0 radical (unpaired) electrons. The van der Waals surface area contributed by atoms with E-state index in [2.05, 4.69) is 0 Å². The average Bonchev–Trinajstić information content (AvgIpc) is 2.66. The van der Waals surface area contributed by atoms with Gasteiger partial charge in [0.15, 0.2) is 0 Å². The van der Waals surface area contributed by atoms with Crippen LogP contribution in [0.3, 0.4) is 0 Å². The summed E-state index contributed by atoms with van der Waals surface area (Å²) in [7, 11) is 0. The number of hydrogen-bond acceptors (Lipinski definition) is 1. The summed E-state index contributed by atoms with van der Waals surface area (Å²) >= 11 is 0. The van der Waals surface area contributed by atoms with Crippen LogP contribution in [-0.2, 0) is 4.79 Å². The third-order valence-corrected chi connectivity index (χ3v) is 2.14. The summed E-state index contributed by atoms with van der Waals surface area (Å²) in [5, 5.41) is 8.51. The van der Waals surface area contributed by atoms with E-state index in [4.69, 9.17) is 5.11 Å². The number of carbonyl (C=O) groups is 1. The fraction of sp³-hybridized carbons (Fsp3) is 0.875. The number of aliphatic carboxylic acids is 1. The first-order chi connectivity index (χ1) is 5.88. The van der Waals surface area contributed by atoms with Crippen molar-refractivity contribution in [3.05, 3.63) is 0 Å². The molecule has 1 aliphatic rings. The van der Waals surface area contributed by atoms with Crippen molar-refractivity contribution in [3.8, 4) is 0 Å². The van der Waals surface area contributed by atoms with Gasteiger partial charge in [0.1, 0.15) is 0 Å². The highest BCUT2D eigenvalue weighted by Gasteiger charge is 2.38. The lowest BCUT2D eigenvalue weighted by atomic mass is 9.98. The Kier molecular flexibility index (Phi) is 2.83. The maximum atomic E-state index is 11.9. The number of alkyl halides is 3. The largest absolute Gasteiger partial charge is 0.481 e. The first-order valence-electron chi connectivity index (χ1n) is 4.18. The predicted octanol–water partition coefficient (Wildman–Crippen LogP) is 2.44. The van der Waals surface area contributed by atoms with Crippen LogP contribution in [0.2, 0.25) is 0 Å². The normalized spacial score (nSPS) is 19.9. The number of halogens is 3. The van der Waals surface area contributed by atoms with Gasteiger partial charge < -0.3 is 5.11 Å². The molecule has 1 rings (SSSR count). The van der Waals surface area contributed by atoms with Crippen molar-refractivity contribution in [1.82, 2.24) is 0 Å². The highest BCUT2D eigenvalue weighted by atomic mass is 19.4. The summed E-state index contributed by atoms with van der Waals surface area (Å²) in [4.78, 5) is 10.4. The molecule has 0 aromatic rings. The van der Waals surface area contributed by atoms with Gasteiger partial charge in [0.2, 0.25) is 0 Å². The van der Waals surface area contributed by atoms with Crippen molar-refractivity contribution in [2.45, 2.75) is 31.9 Å². The topological polar surface area (TPSA) is 37.3 Å². The summed E-state index contributed by atoms with van der Waals surface area (Å²) in [6.45, 7) is 0. The van der Waals surface area contributed by atoms with Crippen LogP contribution in [-0.4, -0.2) is 17.3 Å². The SMILES string of the molecule is O=C(O)[C@@H](CC1CC1)CC(F)(F)F. The van der Waals surface area contributed by atoms with E-state index < -0.39 is 24.5 Å². The average molecular weight is 196 g/mol. The van der Waals surface area contributed by atoms with E-state index in [0.717, 1.165) is 12.8 Å². The molecule has 1 N–H and O–H groups in total. The summed E-state index contributed by atoms with van der Waals surface area (Å²) in [5.41, 5.74) is 0. The molecule has 1 fully saturated rings. The van der Waals surface area contributed by atoms with E-state index in [1.54, 1.807) is 0 Å². The maximum absolute atomic E-state index is 11.9. The highest BCUT2D eigenvalue weighted by molar-refractivity contribution is 5.70. The van der Waals surface area contributed by atoms with Crippen molar-refractivity contribution in [2.75, 3.05) is 0 Å². The second kappa shape index (κ2) is 3.55. The fourth-order valence-electron chi connectivity index (χ4n) is 1.31. The molecule has 0 aromatic heterocycles. The monoisotopic (exact) mass is 196 g/mol. The molecule has 1 saturated carbocycles. The minimum atomic E-state index is -4.36. The van der Waals surface area contributed by atoms with E-state index in [1.165, 1.54) is 0 Å². The zero-order valence-corrected chi connectivity index (χ0v) is 6.97. The summed E-state index contributed by atoms with van der Waals surface area (Å²) < 4.78 is 35.6. The molecule has 0 aliphatic heterocycles. The summed E-state index contributed by atoms with van der Waals surface area (Å²) in [6.07, 6.45) is -3.63. The minimum absolute atomic E-state index is 0.175. The second-order valence-corrected chi connectivity index (χ2v) is 3.53. The first-order valence-corrected chi connectivity index (χ1v) is 4.18. The van der Waals surface area contributed by atoms with Crippen molar-refractivity contribution in [1.29, 1.82) is 0 Å². The quantitative estimate of drug-likeness (QED) is 0.749. The Morgan fingerprint density at radius 1 is 1.46 bits per heavy atom. The van der Waals surface area contributed by atoms with E-state index in [1.807, 2.05) is 0 Å². The molecule has 0 unspecified atom stereocenters. The second-order valence-electron chi connectivity index (χ2n) is 3.53. The van der Waals surface area contributed by atoms with Crippen LogP contribution in [0.4, 0.5) is 13.2 Å². The first kappa shape index (κ1) is 10.3. The van der Waals surface area contributed by atoms with Gasteiger partial charge in [0.05, 0.1) is 12.3 Å². The molecule has 2 nitrogen and oxygen atoms in total. The Hall–Kier alpha value is -0.740. The molecule has 0 saturated heterocycles. The van der Waals surface area contributed by atoms with Crippen LogP contribution in [0.25, 0.3) is 0 Å². The fourth-order valence-corrected chi connectivity index (χ4v) is 1.31. The minimum Gasteiger partial charge on any atom is -0.481 e. The number of carboxylic acid groups (broad SMARTS) is 1. The van der Waals surface area contributed by atoms with Gasteiger partial charge in [-0.05, 0) is 12.3 Å². The molecule has 1 atom stereocenters. The molecule has 13 heavy (non-hydrogen) atoms. The Bertz CT molecular complexity index is 196. The van der Waals surface area contributed by atoms with Crippen LogP contribution in [0.5, 0.6) is 0 Å². The lowest BCUT2D eigenvalue weighted by Gasteiger charge is -2.13. The van der Waals surface area contributed by atoms with E-state index in [0.29, 0.717) is 0 Å². The van der Waals surface area contributed by atoms with Gasteiger partial charge in [-0.25, -0.2) is 0 Å². The lowest BCUT2D eigenvalue weighted by Crippen LogP contribution is -2.22. The molecule has 0 heterocycles. The van der Waals surface area contributed by atoms with Gasteiger partial charge in [0, 0.05) is 0 Å². The number of hydrogen-bond donors (Lipinski definition) is 1. The van der Waals surface area contributed by atoms with Crippen LogP contribution < -0.4 is 0 Å². The number of rotatable bonds is 4. The Morgan fingerprint density at radius 2 is 2.00 bits per heavy atom. The molecule has 0 amide bonds. The summed E-state index contributed by atoms with van der Waals surface area (Å²) in [6, 6.07) is 0. The van der Waals surface area contributed by atoms with Crippen molar-refractivity contribution in [2.24, 2.45) is 11.8 Å². The van der Waals surface area contributed by atoms with E-state index in [-0.39, 0.29) is 12.3 Å². The molecule has 0 bridgehead atoms. The van der Waals surface area contributed by atoms with Gasteiger partial charge in [-0.3, -0.25) is 4.79 Å². The third-order valence-electron chi connectivity index (χ3n) is 2.14. The Balaban J connectivity index is 2.41. The van der Waals surface area contributed by atoms with Crippen molar-refractivity contribution in [3.63, 3.8) is 0 Å². The predicted molar refractivity (Wildman–Crippen MR) is 39.1 cm³/mol. The van der Waals surface area contributed by atoms with Crippen LogP contribution in [0, 0.1) is 11.8 Å². The van der Waals surface area contributed by atoms with Gasteiger partial charge in [0.25, 0.3) is 0 Å². The molecular formula is C8H11F3O2. The standard InChI is InChI=1S/C8H11F3O2/c9-8(10,11)4-6(7(12)13)3-5-1-2-5/h5-6H,1-4H2,(H,12,13)/t6-/m0/s1. The molecule has 76 valence electrons.